The van der Waals surface area contributed by atoms with Crippen molar-refractivity contribution in [2.24, 2.45) is 0 Å². The summed E-state index contributed by atoms with van der Waals surface area (Å²) in [7, 11) is 3.71. The number of amides is 1. The Morgan fingerprint density at radius 1 is 1.53 bits per heavy atom. The van der Waals surface area contributed by atoms with E-state index in [9.17, 15) is 4.79 Å². The Bertz CT molecular complexity index is 398. The molecule has 5 heteroatoms. The first-order valence-corrected chi connectivity index (χ1v) is 6.87. The van der Waals surface area contributed by atoms with Crippen molar-refractivity contribution in [1.82, 2.24) is 10.2 Å². The van der Waals surface area contributed by atoms with E-state index in [1.165, 1.54) is 0 Å². The fraction of sp³-hybridized carbons (Fsp3) is 0.417. The van der Waals surface area contributed by atoms with Crippen LogP contribution in [0.15, 0.2) is 18.2 Å². The highest BCUT2D eigenvalue weighted by Crippen LogP contribution is 2.20. The van der Waals surface area contributed by atoms with Crippen molar-refractivity contribution in [3.63, 3.8) is 0 Å². The van der Waals surface area contributed by atoms with Crippen LogP contribution in [0.1, 0.15) is 16.8 Å². The van der Waals surface area contributed by atoms with Gasteiger partial charge in [-0.3, -0.25) is 4.79 Å². The number of hydrogen-bond donors (Lipinski definition) is 1. The van der Waals surface area contributed by atoms with Gasteiger partial charge < -0.3 is 10.2 Å². The Labute approximate surface area is 121 Å². The van der Waals surface area contributed by atoms with Crippen molar-refractivity contribution in [3.05, 3.63) is 32.4 Å². The maximum atomic E-state index is 12.0. The van der Waals surface area contributed by atoms with Crippen LogP contribution in [-0.2, 0) is 0 Å². The van der Waals surface area contributed by atoms with Crippen LogP contribution < -0.4 is 5.32 Å². The lowest BCUT2D eigenvalue weighted by Gasteiger charge is -2.17. The van der Waals surface area contributed by atoms with Crippen LogP contribution in [0, 0.1) is 3.57 Å². The molecule has 1 aromatic rings. The molecule has 1 amide bonds. The van der Waals surface area contributed by atoms with E-state index in [2.05, 4.69) is 27.9 Å². The Morgan fingerprint density at radius 3 is 2.82 bits per heavy atom. The molecule has 0 aliphatic heterocycles. The molecule has 1 N–H and O–H groups in total. The summed E-state index contributed by atoms with van der Waals surface area (Å²) in [6.45, 7) is 1.65. The number of nitrogens with zero attached hydrogens (tertiary/aromatic N) is 1. The predicted molar refractivity (Wildman–Crippen MR) is 79.7 cm³/mol. The van der Waals surface area contributed by atoms with Crippen molar-refractivity contribution in [1.29, 1.82) is 0 Å². The summed E-state index contributed by atoms with van der Waals surface area (Å²) in [5.74, 6) is 0.0133. The number of benzene rings is 1. The lowest BCUT2D eigenvalue weighted by Crippen LogP contribution is -2.29. The third kappa shape index (κ3) is 4.44. The average Bonchev–Trinajstić information content (AvgIpc) is 2.32. The van der Waals surface area contributed by atoms with E-state index >= 15 is 0 Å². The van der Waals surface area contributed by atoms with Gasteiger partial charge in [0.1, 0.15) is 0 Å². The molecule has 0 heterocycles. The molecule has 0 saturated heterocycles. The number of hydrogen-bond acceptors (Lipinski definition) is 2. The lowest BCUT2D eigenvalue weighted by atomic mass is 10.2. The second-order valence-electron chi connectivity index (χ2n) is 3.81. The SMILES string of the molecule is CNCCCN(C)C(=O)c1ccc(I)c(Cl)c1. The zero-order valence-electron chi connectivity index (χ0n) is 9.96. The predicted octanol–water partition coefficient (Wildman–Crippen LogP) is 2.63. The van der Waals surface area contributed by atoms with Crippen molar-refractivity contribution in [2.75, 3.05) is 27.2 Å². The van der Waals surface area contributed by atoms with Crippen LogP contribution in [0.3, 0.4) is 0 Å². The summed E-state index contributed by atoms with van der Waals surface area (Å²) in [6, 6.07) is 5.39. The molecular weight excluding hydrogens is 351 g/mol. The van der Waals surface area contributed by atoms with Gasteiger partial charge in [0.25, 0.3) is 5.91 Å². The fourth-order valence-electron chi connectivity index (χ4n) is 1.44. The summed E-state index contributed by atoms with van der Waals surface area (Å²) in [6.07, 6.45) is 0.941. The Kier molecular flexibility index (Phi) is 6.22. The largest absolute Gasteiger partial charge is 0.342 e. The normalized spacial score (nSPS) is 10.4. The molecule has 94 valence electrons. The van der Waals surface area contributed by atoms with Crippen molar-refractivity contribution in [2.45, 2.75) is 6.42 Å². The van der Waals surface area contributed by atoms with Gasteiger partial charge in [0, 0.05) is 22.7 Å². The zero-order chi connectivity index (χ0) is 12.8. The highest BCUT2D eigenvalue weighted by atomic mass is 127. The second-order valence-corrected chi connectivity index (χ2v) is 5.38. The monoisotopic (exact) mass is 366 g/mol. The summed E-state index contributed by atoms with van der Waals surface area (Å²) in [5.41, 5.74) is 0.641. The number of carbonyl (C=O) groups is 1. The average molecular weight is 367 g/mol. The van der Waals surface area contributed by atoms with Gasteiger partial charge in [-0.2, -0.15) is 0 Å². The Hall–Kier alpha value is -0.330. The van der Waals surface area contributed by atoms with E-state index < -0.39 is 0 Å². The van der Waals surface area contributed by atoms with Gasteiger partial charge in [-0.1, -0.05) is 11.6 Å². The van der Waals surface area contributed by atoms with E-state index in [1.54, 1.807) is 11.0 Å². The highest BCUT2D eigenvalue weighted by molar-refractivity contribution is 14.1. The van der Waals surface area contributed by atoms with Crippen LogP contribution in [0.25, 0.3) is 0 Å². The van der Waals surface area contributed by atoms with Crippen LogP contribution in [0.2, 0.25) is 5.02 Å². The first-order valence-electron chi connectivity index (χ1n) is 5.41. The van der Waals surface area contributed by atoms with Crippen LogP contribution in [0.4, 0.5) is 0 Å². The van der Waals surface area contributed by atoms with Gasteiger partial charge in [0.2, 0.25) is 0 Å². The number of rotatable bonds is 5. The fourth-order valence-corrected chi connectivity index (χ4v) is 1.96. The highest BCUT2D eigenvalue weighted by Gasteiger charge is 2.12. The minimum absolute atomic E-state index is 0.0133. The van der Waals surface area contributed by atoms with Crippen molar-refractivity contribution >= 4 is 40.1 Å². The number of carbonyl (C=O) groups excluding carboxylic acids is 1. The topological polar surface area (TPSA) is 32.3 Å². The van der Waals surface area contributed by atoms with E-state index in [0.29, 0.717) is 10.6 Å². The summed E-state index contributed by atoms with van der Waals surface area (Å²) in [5, 5.41) is 3.68. The van der Waals surface area contributed by atoms with Crippen LogP contribution in [0.5, 0.6) is 0 Å². The van der Waals surface area contributed by atoms with E-state index in [-0.39, 0.29) is 5.91 Å². The van der Waals surface area contributed by atoms with Gasteiger partial charge >= 0.3 is 0 Å². The molecule has 0 aliphatic carbocycles. The van der Waals surface area contributed by atoms with E-state index in [4.69, 9.17) is 11.6 Å². The quantitative estimate of drug-likeness (QED) is 0.642. The first kappa shape index (κ1) is 14.7. The molecule has 0 radical (unpaired) electrons. The van der Waals surface area contributed by atoms with E-state index in [0.717, 1.165) is 23.1 Å². The molecule has 0 bridgehead atoms. The van der Waals surface area contributed by atoms with Crippen molar-refractivity contribution in [3.8, 4) is 0 Å². The smallest absolute Gasteiger partial charge is 0.253 e. The summed E-state index contributed by atoms with van der Waals surface area (Å²) >= 11 is 8.15. The molecule has 0 unspecified atom stereocenters. The van der Waals surface area contributed by atoms with Gasteiger partial charge in [-0.15, -0.1) is 0 Å². The molecule has 1 aromatic carbocycles. The van der Waals surface area contributed by atoms with Crippen LogP contribution >= 0.6 is 34.2 Å². The maximum Gasteiger partial charge on any atom is 0.253 e. The standard InChI is InChI=1S/C12H16ClIN2O/c1-15-6-3-7-16(2)12(17)9-4-5-11(14)10(13)8-9/h4-5,8,15H,3,6-7H2,1-2H3. The molecule has 17 heavy (non-hydrogen) atoms. The first-order chi connectivity index (χ1) is 8.06. The van der Waals surface area contributed by atoms with Crippen LogP contribution in [-0.4, -0.2) is 38.0 Å². The second kappa shape index (κ2) is 7.18. The Morgan fingerprint density at radius 2 is 2.24 bits per heavy atom. The number of halogens is 2. The van der Waals surface area contributed by atoms with E-state index in [1.807, 2.05) is 26.2 Å². The lowest BCUT2D eigenvalue weighted by molar-refractivity contribution is 0.0793. The third-order valence-corrected chi connectivity index (χ3v) is 4.01. The molecule has 1 rings (SSSR count). The van der Waals surface area contributed by atoms with Gasteiger partial charge in [0.05, 0.1) is 5.02 Å². The van der Waals surface area contributed by atoms with Gasteiger partial charge in [0.15, 0.2) is 0 Å². The maximum absolute atomic E-state index is 12.0. The summed E-state index contributed by atoms with van der Waals surface area (Å²) < 4.78 is 0.957. The molecule has 0 fully saturated rings. The molecule has 3 nitrogen and oxygen atoms in total. The molecule has 0 atom stereocenters. The molecule has 0 saturated carbocycles. The molecule has 0 spiro atoms. The Balaban J connectivity index is 2.65. The van der Waals surface area contributed by atoms with Crippen molar-refractivity contribution < 1.29 is 4.79 Å². The zero-order valence-corrected chi connectivity index (χ0v) is 12.9. The van der Waals surface area contributed by atoms with Gasteiger partial charge in [-0.25, -0.2) is 0 Å². The number of nitrogens with one attached hydrogen (secondary N) is 1. The molecular formula is C12H16ClIN2O. The third-order valence-electron chi connectivity index (χ3n) is 2.43. The molecule has 0 aliphatic rings. The summed E-state index contributed by atoms with van der Waals surface area (Å²) in [4.78, 5) is 13.8. The minimum atomic E-state index is 0.0133. The molecule has 0 aromatic heterocycles. The van der Waals surface area contributed by atoms with Gasteiger partial charge in [-0.05, 0) is 60.8 Å². The minimum Gasteiger partial charge on any atom is -0.342 e.